The van der Waals surface area contributed by atoms with E-state index < -0.39 is 17.7 Å². The predicted molar refractivity (Wildman–Crippen MR) is 126 cm³/mol. The maximum atomic E-state index is 13.3. The first-order valence-corrected chi connectivity index (χ1v) is 10.7. The van der Waals surface area contributed by atoms with Gasteiger partial charge in [0.15, 0.2) is 0 Å². The van der Waals surface area contributed by atoms with Gasteiger partial charge < -0.3 is 14.7 Å². The van der Waals surface area contributed by atoms with Crippen LogP contribution >= 0.6 is 0 Å². The number of carbonyl (C=O) groups excluding carboxylic acids is 2. The minimum Gasteiger partial charge on any atom is -0.507 e. The van der Waals surface area contributed by atoms with E-state index in [4.69, 9.17) is 4.74 Å². The second-order valence-corrected chi connectivity index (χ2v) is 8.34. The maximum Gasteiger partial charge on any atom is 0.295 e. The van der Waals surface area contributed by atoms with Crippen LogP contribution in [0, 0.1) is 20.8 Å². The van der Waals surface area contributed by atoms with Gasteiger partial charge in [0, 0.05) is 18.9 Å². The van der Waals surface area contributed by atoms with Gasteiger partial charge in [-0.1, -0.05) is 35.4 Å². The van der Waals surface area contributed by atoms with Gasteiger partial charge in [-0.25, -0.2) is 0 Å². The molecule has 2 aromatic carbocycles. The lowest BCUT2D eigenvalue weighted by Crippen LogP contribution is -2.29. The van der Waals surface area contributed by atoms with Crippen LogP contribution in [0.15, 0.2) is 66.5 Å². The number of hydrogen-bond acceptors (Lipinski definition) is 5. The zero-order valence-corrected chi connectivity index (χ0v) is 19.1. The van der Waals surface area contributed by atoms with Crippen molar-refractivity contribution >= 4 is 17.4 Å². The van der Waals surface area contributed by atoms with E-state index in [9.17, 15) is 14.7 Å². The highest BCUT2D eigenvalue weighted by Gasteiger charge is 2.46. The molecule has 0 spiro atoms. The topological polar surface area (TPSA) is 79.7 Å². The lowest BCUT2D eigenvalue weighted by atomic mass is 9.94. The Balaban J connectivity index is 1.91. The minimum atomic E-state index is -0.752. The number of carbonyl (C=O) groups is 2. The second-order valence-electron chi connectivity index (χ2n) is 8.34. The van der Waals surface area contributed by atoms with Crippen LogP contribution in [-0.2, 0) is 16.1 Å². The van der Waals surface area contributed by atoms with Crippen molar-refractivity contribution in [3.05, 3.63) is 99.9 Å². The maximum absolute atomic E-state index is 13.3. The summed E-state index contributed by atoms with van der Waals surface area (Å²) in [5.41, 5.74) is 5.05. The molecule has 1 aromatic heterocycles. The Kier molecular flexibility index (Phi) is 6.01. The number of amides is 1. The molecule has 1 saturated heterocycles. The highest BCUT2D eigenvalue weighted by atomic mass is 16.5. The molecule has 1 atom stereocenters. The van der Waals surface area contributed by atoms with E-state index in [1.807, 2.05) is 45.0 Å². The van der Waals surface area contributed by atoms with Gasteiger partial charge in [0.1, 0.15) is 11.5 Å². The number of ether oxygens (including phenoxy) is 1. The van der Waals surface area contributed by atoms with Gasteiger partial charge >= 0.3 is 0 Å². The third-order valence-corrected chi connectivity index (χ3v) is 6.02. The lowest BCUT2D eigenvalue weighted by Gasteiger charge is -2.26. The summed E-state index contributed by atoms with van der Waals surface area (Å²) in [6.07, 6.45) is 3.22. The van der Waals surface area contributed by atoms with Crippen molar-refractivity contribution in [1.29, 1.82) is 0 Å². The Morgan fingerprint density at radius 2 is 1.67 bits per heavy atom. The third kappa shape index (κ3) is 4.12. The predicted octanol–water partition coefficient (Wildman–Crippen LogP) is 4.64. The molecule has 0 radical (unpaired) electrons. The van der Waals surface area contributed by atoms with Gasteiger partial charge in [-0.15, -0.1) is 0 Å². The molecule has 168 valence electrons. The Labute approximate surface area is 193 Å². The fourth-order valence-corrected chi connectivity index (χ4v) is 4.24. The first-order chi connectivity index (χ1) is 15.8. The Morgan fingerprint density at radius 1 is 1.00 bits per heavy atom. The number of hydrogen-bond donors (Lipinski definition) is 1. The molecular formula is C27H26N2O4. The van der Waals surface area contributed by atoms with Crippen LogP contribution in [0.5, 0.6) is 5.75 Å². The molecule has 0 saturated carbocycles. The van der Waals surface area contributed by atoms with Crippen molar-refractivity contribution < 1.29 is 19.4 Å². The SMILES string of the molecule is COc1ccc(C)cc1/C(O)=C1\C(=O)C(=O)N(Cc2cc(C)ccc2C)C1c1ccncc1. The van der Waals surface area contributed by atoms with E-state index in [0.717, 1.165) is 22.3 Å². The van der Waals surface area contributed by atoms with Crippen LogP contribution in [0.1, 0.15) is 39.4 Å². The zero-order valence-electron chi connectivity index (χ0n) is 19.1. The molecular weight excluding hydrogens is 416 g/mol. The Morgan fingerprint density at radius 3 is 2.36 bits per heavy atom. The van der Waals surface area contributed by atoms with E-state index in [2.05, 4.69) is 4.98 Å². The summed E-state index contributed by atoms with van der Waals surface area (Å²) in [6.45, 7) is 6.09. The van der Waals surface area contributed by atoms with Gasteiger partial charge in [0.2, 0.25) is 0 Å². The number of ketones is 1. The molecule has 1 N–H and O–H groups in total. The number of aliphatic hydroxyl groups excluding tert-OH is 1. The number of nitrogens with zero attached hydrogens (tertiary/aromatic N) is 2. The molecule has 1 amide bonds. The molecule has 1 fully saturated rings. The number of benzene rings is 2. The number of Topliss-reactive ketones (excluding diaryl/α,β-unsaturated/α-hetero) is 1. The van der Waals surface area contributed by atoms with Crippen LogP contribution < -0.4 is 4.74 Å². The molecule has 4 rings (SSSR count). The van der Waals surface area contributed by atoms with Gasteiger partial charge in [-0.05, 0) is 61.7 Å². The van der Waals surface area contributed by atoms with Crippen LogP contribution in [-0.4, -0.2) is 33.8 Å². The van der Waals surface area contributed by atoms with Crippen LogP contribution in [0.4, 0.5) is 0 Å². The highest BCUT2D eigenvalue weighted by Crippen LogP contribution is 2.41. The number of aliphatic hydroxyl groups is 1. The molecule has 6 heteroatoms. The van der Waals surface area contributed by atoms with Gasteiger partial charge in [-0.2, -0.15) is 0 Å². The monoisotopic (exact) mass is 442 g/mol. The van der Waals surface area contributed by atoms with Gasteiger partial charge in [0.25, 0.3) is 11.7 Å². The number of rotatable bonds is 5. The largest absolute Gasteiger partial charge is 0.507 e. The summed E-state index contributed by atoms with van der Waals surface area (Å²) in [5, 5.41) is 11.3. The molecule has 1 unspecified atom stereocenters. The highest BCUT2D eigenvalue weighted by molar-refractivity contribution is 6.46. The number of aromatic nitrogens is 1. The van der Waals surface area contributed by atoms with E-state index in [0.29, 0.717) is 16.9 Å². The van der Waals surface area contributed by atoms with Crippen molar-refractivity contribution in [2.75, 3.05) is 7.11 Å². The van der Waals surface area contributed by atoms with Crippen LogP contribution in [0.2, 0.25) is 0 Å². The van der Waals surface area contributed by atoms with E-state index in [1.165, 1.54) is 12.0 Å². The van der Waals surface area contributed by atoms with Crippen molar-refractivity contribution in [2.45, 2.75) is 33.4 Å². The standard InChI is InChI=1S/C27H26N2O4/c1-16-5-7-18(3)20(13-16)15-29-24(19-9-11-28-12-10-19)23(26(31)27(29)32)25(30)21-14-17(2)6-8-22(21)33-4/h5-14,24,30H,15H2,1-4H3/b25-23+. The summed E-state index contributed by atoms with van der Waals surface area (Å²) >= 11 is 0. The van der Waals surface area contributed by atoms with E-state index in [-0.39, 0.29) is 17.9 Å². The summed E-state index contributed by atoms with van der Waals surface area (Å²) in [6, 6.07) is 14.1. The lowest BCUT2D eigenvalue weighted by molar-refractivity contribution is -0.140. The molecule has 0 bridgehead atoms. The molecule has 0 aliphatic carbocycles. The van der Waals surface area contributed by atoms with E-state index in [1.54, 1.807) is 36.7 Å². The third-order valence-electron chi connectivity index (χ3n) is 6.02. The second kappa shape index (κ2) is 8.90. The molecule has 1 aliphatic rings. The first kappa shape index (κ1) is 22.3. The molecule has 6 nitrogen and oxygen atoms in total. The average molecular weight is 443 g/mol. The van der Waals surface area contributed by atoms with Crippen molar-refractivity contribution in [2.24, 2.45) is 0 Å². The normalized spacial score (nSPS) is 17.5. The zero-order chi connectivity index (χ0) is 23.7. The molecule has 1 aliphatic heterocycles. The van der Waals surface area contributed by atoms with Crippen molar-refractivity contribution in [3.63, 3.8) is 0 Å². The summed E-state index contributed by atoms with van der Waals surface area (Å²) in [4.78, 5) is 32.1. The van der Waals surface area contributed by atoms with Crippen LogP contribution in [0.25, 0.3) is 5.76 Å². The quantitative estimate of drug-likeness (QED) is 0.354. The average Bonchev–Trinajstić information content (AvgIpc) is 3.06. The summed E-state index contributed by atoms with van der Waals surface area (Å²) in [5.74, 6) is -1.19. The minimum absolute atomic E-state index is 0.0420. The summed E-state index contributed by atoms with van der Waals surface area (Å²) < 4.78 is 5.42. The Hall–Kier alpha value is -3.93. The fraction of sp³-hybridized carbons (Fsp3) is 0.222. The van der Waals surface area contributed by atoms with Gasteiger partial charge in [0.05, 0.1) is 24.3 Å². The number of pyridine rings is 1. The smallest absolute Gasteiger partial charge is 0.295 e. The molecule has 3 aromatic rings. The summed E-state index contributed by atoms with van der Waals surface area (Å²) in [7, 11) is 1.50. The first-order valence-electron chi connectivity index (χ1n) is 10.7. The van der Waals surface area contributed by atoms with E-state index >= 15 is 0 Å². The number of methoxy groups -OCH3 is 1. The van der Waals surface area contributed by atoms with Gasteiger partial charge in [-0.3, -0.25) is 14.6 Å². The molecule has 33 heavy (non-hydrogen) atoms. The molecule has 2 heterocycles. The van der Waals surface area contributed by atoms with Crippen molar-refractivity contribution in [3.8, 4) is 5.75 Å². The Bertz CT molecular complexity index is 1260. The van der Waals surface area contributed by atoms with Crippen LogP contribution in [0.3, 0.4) is 0 Å². The number of likely N-dealkylation sites (tertiary alicyclic amines) is 1. The fourth-order valence-electron chi connectivity index (χ4n) is 4.24. The number of aryl methyl sites for hydroxylation is 3. The van der Waals surface area contributed by atoms with Crippen molar-refractivity contribution in [1.82, 2.24) is 9.88 Å².